The lowest BCUT2D eigenvalue weighted by Gasteiger charge is -2.27. The number of hydrogen-bond donors (Lipinski definition) is 1. The van der Waals surface area contributed by atoms with Gasteiger partial charge in [-0.2, -0.15) is 4.31 Å². The average molecular weight is 477 g/mol. The van der Waals surface area contributed by atoms with Crippen molar-refractivity contribution in [2.24, 2.45) is 0 Å². The summed E-state index contributed by atoms with van der Waals surface area (Å²) in [7, 11) is -2.30. The summed E-state index contributed by atoms with van der Waals surface area (Å²) in [6, 6.07) is 10.0. The lowest BCUT2D eigenvalue weighted by Crippen LogP contribution is -2.40. The van der Waals surface area contributed by atoms with E-state index in [-0.39, 0.29) is 30.3 Å². The first-order valence-electron chi connectivity index (χ1n) is 10.7. The van der Waals surface area contributed by atoms with Gasteiger partial charge in [-0.1, -0.05) is 19.9 Å². The minimum absolute atomic E-state index is 0.0466. The third kappa shape index (κ3) is 4.78. The molecule has 2 heterocycles. The number of sulfonamides is 1. The lowest BCUT2D eigenvalue weighted by atomic mass is 9.84. The third-order valence-electron chi connectivity index (χ3n) is 5.87. The lowest BCUT2D eigenvalue weighted by molar-refractivity contribution is 0.0730. The Morgan fingerprint density at radius 3 is 2.55 bits per heavy atom. The highest BCUT2D eigenvalue weighted by Crippen LogP contribution is 2.36. The number of carbonyl (C=O) groups excluding carboxylic acids is 1. The topological polar surface area (TPSA) is 103 Å². The molecule has 0 saturated carbocycles. The summed E-state index contributed by atoms with van der Waals surface area (Å²) in [5.41, 5.74) is 0.720. The summed E-state index contributed by atoms with van der Waals surface area (Å²) in [6.07, 6.45) is 0. The monoisotopic (exact) mass is 476 g/mol. The second-order valence-electron chi connectivity index (χ2n) is 8.51. The molecule has 0 radical (unpaired) electrons. The van der Waals surface area contributed by atoms with Gasteiger partial charge in [0.25, 0.3) is 5.91 Å². The summed E-state index contributed by atoms with van der Waals surface area (Å²) in [5.74, 6) is 1.25. The van der Waals surface area contributed by atoms with Crippen LogP contribution in [0.4, 0.5) is 0 Å². The molecule has 178 valence electrons. The Labute approximate surface area is 193 Å². The van der Waals surface area contributed by atoms with E-state index < -0.39 is 21.3 Å². The number of morpholine rings is 1. The molecule has 2 aliphatic heterocycles. The fourth-order valence-electron chi connectivity index (χ4n) is 3.78. The van der Waals surface area contributed by atoms with Gasteiger partial charge in [0.2, 0.25) is 16.8 Å². The van der Waals surface area contributed by atoms with Crippen LogP contribution in [0.5, 0.6) is 17.2 Å². The molecule has 0 aromatic heterocycles. The summed E-state index contributed by atoms with van der Waals surface area (Å²) in [6.45, 7) is 5.76. The number of hydrogen-bond acceptors (Lipinski definition) is 7. The number of ether oxygens (including phenoxy) is 4. The quantitative estimate of drug-likeness (QED) is 0.653. The number of benzene rings is 2. The highest BCUT2D eigenvalue weighted by atomic mass is 32.2. The van der Waals surface area contributed by atoms with Gasteiger partial charge in [-0.15, -0.1) is 0 Å². The van der Waals surface area contributed by atoms with Crippen molar-refractivity contribution in [3.63, 3.8) is 0 Å². The van der Waals surface area contributed by atoms with Gasteiger partial charge >= 0.3 is 0 Å². The van der Waals surface area contributed by atoms with Crippen molar-refractivity contribution in [3.8, 4) is 17.2 Å². The number of amides is 1. The molecular formula is C23H28N2O7S. The minimum Gasteiger partial charge on any atom is -0.496 e. The van der Waals surface area contributed by atoms with Crippen LogP contribution in [0.1, 0.15) is 29.8 Å². The van der Waals surface area contributed by atoms with Gasteiger partial charge in [0, 0.05) is 25.0 Å². The number of nitrogens with zero attached hydrogens (tertiary/aromatic N) is 1. The van der Waals surface area contributed by atoms with Crippen molar-refractivity contribution in [1.82, 2.24) is 9.62 Å². The van der Waals surface area contributed by atoms with E-state index in [1.165, 1.54) is 29.6 Å². The molecule has 0 aliphatic carbocycles. The molecule has 1 amide bonds. The molecule has 0 atom stereocenters. The number of methoxy groups -OCH3 is 1. The zero-order chi connectivity index (χ0) is 23.6. The van der Waals surface area contributed by atoms with Crippen LogP contribution < -0.4 is 19.5 Å². The number of fused-ring (bicyclic) bond motifs is 1. The zero-order valence-electron chi connectivity index (χ0n) is 18.9. The van der Waals surface area contributed by atoms with Gasteiger partial charge in [-0.3, -0.25) is 4.79 Å². The Balaban J connectivity index is 1.53. The van der Waals surface area contributed by atoms with E-state index >= 15 is 0 Å². The molecule has 33 heavy (non-hydrogen) atoms. The standard InChI is InChI=1S/C23H28N2O7S/c1-23(2,16-4-6-20-21(12-16)32-15-31-20)14-24-22(26)18-13-17(5-7-19(18)29-3)33(27,28)25-8-10-30-11-9-25/h4-7,12-13H,8-11,14-15H2,1-3H3,(H,24,26). The van der Waals surface area contributed by atoms with Crippen molar-refractivity contribution in [2.75, 3.05) is 46.8 Å². The third-order valence-corrected chi connectivity index (χ3v) is 7.76. The van der Waals surface area contributed by atoms with Gasteiger partial charge in [0.1, 0.15) is 5.75 Å². The first-order chi connectivity index (χ1) is 15.7. The van der Waals surface area contributed by atoms with Crippen molar-refractivity contribution < 1.29 is 32.2 Å². The number of rotatable bonds is 7. The summed E-state index contributed by atoms with van der Waals surface area (Å²) in [5, 5.41) is 2.92. The largest absolute Gasteiger partial charge is 0.496 e. The molecule has 1 saturated heterocycles. The number of nitrogens with one attached hydrogen (secondary N) is 1. The maximum absolute atomic E-state index is 13.1. The van der Waals surface area contributed by atoms with E-state index in [9.17, 15) is 13.2 Å². The van der Waals surface area contributed by atoms with Gasteiger partial charge in [0.15, 0.2) is 11.5 Å². The van der Waals surface area contributed by atoms with Crippen molar-refractivity contribution >= 4 is 15.9 Å². The van der Waals surface area contributed by atoms with Crippen molar-refractivity contribution in [1.29, 1.82) is 0 Å². The minimum atomic E-state index is -3.74. The van der Waals surface area contributed by atoms with Crippen LogP contribution in [-0.4, -0.2) is 65.4 Å². The first-order valence-corrected chi connectivity index (χ1v) is 12.1. The van der Waals surface area contributed by atoms with Gasteiger partial charge in [-0.25, -0.2) is 8.42 Å². The van der Waals surface area contributed by atoms with Gasteiger partial charge in [-0.05, 0) is 35.9 Å². The SMILES string of the molecule is COc1ccc(S(=O)(=O)N2CCOCC2)cc1C(=O)NCC(C)(C)c1ccc2c(c1)OCO2. The highest BCUT2D eigenvalue weighted by Gasteiger charge is 2.29. The molecule has 4 rings (SSSR count). The number of carbonyl (C=O) groups is 1. The molecule has 1 N–H and O–H groups in total. The normalized spacial score (nSPS) is 16.5. The second kappa shape index (κ2) is 9.20. The van der Waals surface area contributed by atoms with E-state index in [0.717, 1.165) is 5.56 Å². The summed E-state index contributed by atoms with van der Waals surface area (Å²) < 4.78 is 48.8. The van der Waals surface area contributed by atoms with Gasteiger partial charge in [0.05, 0.1) is 30.8 Å². The van der Waals surface area contributed by atoms with E-state index in [1.54, 1.807) is 0 Å². The molecule has 0 bridgehead atoms. The van der Waals surface area contributed by atoms with Gasteiger partial charge < -0.3 is 24.3 Å². The maximum atomic E-state index is 13.1. The Hall–Kier alpha value is -2.82. The van der Waals surface area contributed by atoms with E-state index in [0.29, 0.717) is 37.0 Å². The molecule has 2 aromatic rings. The molecular weight excluding hydrogens is 448 g/mol. The Morgan fingerprint density at radius 2 is 1.82 bits per heavy atom. The van der Waals surface area contributed by atoms with Crippen LogP contribution in [0, 0.1) is 0 Å². The van der Waals surface area contributed by atoms with Crippen LogP contribution in [0.15, 0.2) is 41.3 Å². The molecule has 0 spiro atoms. The van der Waals surface area contributed by atoms with Crippen LogP contribution in [-0.2, 0) is 20.2 Å². The molecule has 9 nitrogen and oxygen atoms in total. The Morgan fingerprint density at radius 1 is 1.09 bits per heavy atom. The smallest absolute Gasteiger partial charge is 0.255 e. The fraction of sp³-hybridized carbons (Fsp3) is 0.435. The van der Waals surface area contributed by atoms with E-state index in [2.05, 4.69) is 5.32 Å². The Bertz CT molecular complexity index is 1140. The fourth-order valence-corrected chi connectivity index (χ4v) is 5.21. The van der Waals surface area contributed by atoms with E-state index in [4.69, 9.17) is 18.9 Å². The van der Waals surface area contributed by atoms with Crippen LogP contribution in [0.2, 0.25) is 0 Å². The van der Waals surface area contributed by atoms with Crippen LogP contribution >= 0.6 is 0 Å². The maximum Gasteiger partial charge on any atom is 0.255 e. The predicted molar refractivity (Wildman–Crippen MR) is 120 cm³/mol. The van der Waals surface area contributed by atoms with Crippen molar-refractivity contribution in [3.05, 3.63) is 47.5 Å². The summed E-state index contributed by atoms with van der Waals surface area (Å²) in [4.78, 5) is 13.1. The Kier molecular flexibility index (Phi) is 6.51. The second-order valence-corrected chi connectivity index (χ2v) is 10.5. The van der Waals surface area contributed by atoms with Crippen LogP contribution in [0.3, 0.4) is 0 Å². The predicted octanol–water partition coefficient (Wildman–Crippen LogP) is 2.15. The van der Waals surface area contributed by atoms with Crippen molar-refractivity contribution in [2.45, 2.75) is 24.2 Å². The molecule has 2 aromatic carbocycles. The van der Waals surface area contributed by atoms with E-state index in [1.807, 2.05) is 32.0 Å². The molecule has 2 aliphatic rings. The first kappa shape index (κ1) is 23.3. The summed E-state index contributed by atoms with van der Waals surface area (Å²) >= 11 is 0. The average Bonchev–Trinajstić information content (AvgIpc) is 3.31. The zero-order valence-corrected chi connectivity index (χ0v) is 19.7. The molecule has 0 unspecified atom stereocenters. The highest BCUT2D eigenvalue weighted by molar-refractivity contribution is 7.89. The molecule has 1 fully saturated rings. The van der Waals surface area contributed by atoms with Crippen LogP contribution in [0.25, 0.3) is 0 Å². The molecule has 10 heteroatoms.